The zero-order valence-corrected chi connectivity index (χ0v) is 16.0. The highest BCUT2D eigenvalue weighted by molar-refractivity contribution is 6.02. The Balaban J connectivity index is 1.43. The van der Waals surface area contributed by atoms with Crippen LogP contribution in [0.1, 0.15) is 35.9 Å². The topological polar surface area (TPSA) is 62.6 Å². The van der Waals surface area contributed by atoms with E-state index >= 15 is 0 Å². The first-order valence-electron chi connectivity index (χ1n) is 9.74. The van der Waals surface area contributed by atoms with E-state index in [-0.39, 0.29) is 11.2 Å². The summed E-state index contributed by atoms with van der Waals surface area (Å²) in [4.78, 5) is 27.1. The standard InChI is InChI=1S/C23H24N2O3/c1-16-10-12-25(13-11-16)15-17-6-8-18(9-7-17)24-23(27)22-14-20(26)19-4-2-3-5-21(19)28-22/h2-9,14,16H,10-13,15H2,1H3,(H,24,27). The molecule has 144 valence electrons. The lowest BCUT2D eigenvalue weighted by atomic mass is 9.99. The van der Waals surface area contributed by atoms with Crippen molar-refractivity contribution in [3.63, 3.8) is 0 Å². The van der Waals surface area contributed by atoms with Gasteiger partial charge in [-0.25, -0.2) is 0 Å². The molecule has 1 N–H and O–H groups in total. The van der Waals surface area contributed by atoms with Crippen LogP contribution in [0.2, 0.25) is 0 Å². The van der Waals surface area contributed by atoms with Crippen LogP contribution in [0.15, 0.2) is 63.8 Å². The second kappa shape index (κ2) is 7.98. The molecule has 5 heteroatoms. The van der Waals surface area contributed by atoms with Gasteiger partial charge in [0.25, 0.3) is 5.91 Å². The molecule has 0 bridgehead atoms. The number of amides is 1. The molecule has 4 rings (SSSR count). The fraction of sp³-hybridized carbons (Fsp3) is 0.304. The summed E-state index contributed by atoms with van der Waals surface area (Å²) >= 11 is 0. The van der Waals surface area contributed by atoms with Crippen LogP contribution in [0.4, 0.5) is 5.69 Å². The number of para-hydroxylation sites is 1. The van der Waals surface area contributed by atoms with Crippen molar-refractivity contribution < 1.29 is 9.21 Å². The molecule has 0 spiro atoms. The number of nitrogens with zero attached hydrogens (tertiary/aromatic N) is 1. The summed E-state index contributed by atoms with van der Waals surface area (Å²) in [5, 5.41) is 3.27. The Kier molecular flexibility index (Phi) is 5.26. The molecule has 3 aromatic rings. The average molecular weight is 376 g/mol. The Hall–Kier alpha value is -2.92. The fourth-order valence-corrected chi connectivity index (χ4v) is 3.58. The van der Waals surface area contributed by atoms with Crippen LogP contribution in [0, 0.1) is 5.92 Å². The predicted molar refractivity (Wildman–Crippen MR) is 111 cm³/mol. The number of benzene rings is 2. The fourth-order valence-electron chi connectivity index (χ4n) is 3.58. The maximum atomic E-state index is 12.5. The Morgan fingerprint density at radius 3 is 2.57 bits per heavy atom. The van der Waals surface area contributed by atoms with Gasteiger partial charge in [-0.2, -0.15) is 0 Å². The average Bonchev–Trinajstić information content (AvgIpc) is 2.71. The summed E-state index contributed by atoms with van der Waals surface area (Å²) in [6.45, 7) is 5.52. The Bertz CT molecular complexity index is 1030. The molecule has 1 fully saturated rings. The van der Waals surface area contributed by atoms with Crippen LogP contribution in [-0.2, 0) is 6.54 Å². The highest BCUT2D eigenvalue weighted by Crippen LogP contribution is 2.19. The van der Waals surface area contributed by atoms with E-state index in [1.165, 1.54) is 24.5 Å². The zero-order valence-electron chi connectivity index (χ0n) is 16.0. The van der Waals surface area contributed by atoms with Gasteiger partial charge in [0.05, 0.1) is 5.39 Å². The molecule has 0 aliphatic carbocycles. The van der Waals surface area contributed by atoms with Crippen molar-refractivity contribution in [3.05, 3.63) is 76.1 Å². The van der Waals surface area contributed by atoms with Crippen molar-refractivity contribution in [2.75, 3.05) is 18.4 Å². The molecule has 1 saturated heterocycles. The number of piperidine rings is 1. The molecule has 2 heterocycles. The number of rotatable bonds is 4. The molecular formula is C23H24N2O3. The minimum atomic E-state index is -0.430. The second-order valence-corrected chi connectivity index (χ2v) is 7.58. The van der Waals surface area contributed by atoms with Crippen LogP contribution in [-0.4, -0.2) is 23.9 Å². The van der Waals surface area contributed by atoms with E-state index in [2.05, 4.69) is 17.1 Å². The van der Waals surface area contributed by atoms with E-state index < -0.39 is 5.91 Å². The number of nitrogens with one attached hydrogen (secondary N) is 1. The Labute approximate surface area is 164 Å². The lowest BCUT2D eigenvalue weighted by Crippen LogP contribution is -2.32. The molecular weight excluding hydrogens is 352 g/mol. The van der Waals surface area contributed by atoms with Gasteiger partial charge in [-0.15, -0.1) is 0 Å². The first kappa shape index (κ1) is 18.4. The van der Waals surface area contributed by atoms with Gasteiger partial charge in [0, 0.05) is 18.3 Å². The lowest BCUT2D eigenvalue weighted by molar-refractivity contribution is 0.0997. The normalized spacial score (nSPS) is 15.6. The molecule has 28 heavy (non-hydrogen) atoms. The summed E-state index contributed by atoms with van der Waals surface area (Å²) in [7, 11) is 0. The Morgan fingerprint density at radius 2 is 1.82 bits per heavy atom. The molecule has 1 aromatic heterocycles. The van der Waals surface area contributed by atoms with E-state index in [9.17, 15) is 9.59 Å². The smallest absolute Gasteiger partial charge is 0.291 e. The van der Waals surface area contributed by atoms with E-state index in [1.54, 1.807) is 24.3 Å². The highest BCUT2D eigenvalue weighted by atomic mass is 16.3. The number of carbonyl (C=O) groups is 1. The van der Waals surface area contributed by atoms with Crippen LogP contribution >= 0.6 is 0 Å². The summed E-state index contributed by atoms with van der Waals surface area (Å²) in [5.41, 5.74) is 2.09. The van der Waals surface area contributed by atoms with Gasteiger partial charge in [0.1, 0.15) is 5.58 Å². The van der Waals surface area contributed by atoms with Crippen LogP contribution < -0.4 is 10.7 Å². The molecule has 0 radical (unpaired) electrons. The number of hydrogen-bond donors (Lipinski definition) is 1. The third kappa shape index (κ3) is 4.15. The van der Waals surface area contributed by atoms with Crippen LogP contribution in [0.5, 0.6) is 0 Å². The van der Waals surface area contributed by atoms with Crippen molar-refractivity contribution in [1.82, 2.24) is 4.90 Å². The van der Waals surface area contributed by atoms with Crippen molar-refractivity contribution in [2.24, 2.45) is 5.92 Å². The van der Waals surface area contributed by atoms with Gasteiger partial charge >= 0.3 is 0 Å². The first-order valence-corrected chi connectivity index (χ1v) is 9.74. The summed E-state index contributed by atoms with van der Waals surface area (Å²) in [6.07, 6.45) is 2.51. The predicted octanol–water partition coefficient (Wildman–Crippen LogP) is 4.28. The van der Waals surface area contributed by atoms with Crippen molar-refractivity contribution >= 4 is 22.6 Å². The molecule has 0 unspecified atom stereocenters. The number of hydrogen-bond acceptors (Lipinski definition) is 4. The number of fused-ring (bicyclic) bond motifs is 1. The number of likely N-dealkylation sites (tertiary alicyclic amines) is 1. The van der Waals surface area contributed by atoms with Gasteiger partial charge in [-0.3, -0.25) is 14.5 Å². The molecule has 1 aliphatic rings. The van der Waals surface area contributed by atoms with Crippen LogP contribution in [0.25, 0.3) is 11.0 Å². The largest absolute Gasteiger partial charge is 0.451 e. The van der Waals surface area contributed by atoms with Crippen LogP contribution in [0.3, 0.4) is 0 Å². The zero-order chi connectivity index (χ0) is 19.5. The third-order valence-electron chi connectivity index (χ3n) is 5.35. The maximum absolute atomic E-state index is 12.5. The molecule has 2 aromatic carbocycles. The minimum absolute atomic E-state index is 0.00946. The second-order valence-electron chi connectivity index (χ2n) is 7.58. The van der Waals surface area contributed by atoms with E-state index in [4.69, 9.17) is 4.42 Å². The summed E-state index contributed by atoms with van der Waals surface area (Å²) < 4.78 is 5.59. The number of anilines is 1. The molecule has 1 aliphatic heterocycles. The summed E-state index contributed by atoms with van der Waals surface area (Å²) in [6, 6.07) is 16.0. The van der Waals surface area contributed by atoms with Crippen molar-refractivity contribution in [1.29, 1.82) is 0 Å². The van der Waals surface area contributed by atoms with E-state index in [0.29, 0.717) is 16.7 Å². The van der Waals surface area contributed by atoms with Gasteiger partial charge in [0.2, 0.25) is 0 Å². The van der Waals surface area contributed by atoms with E-state index in [0.717, 1.165) is 25.6 Å². The lowest BCUT2D eigenvalue weighted by Gasteiger charge is -2.30. The highest BCUT2D eigenvalue weighted by Gasteiger charge is 2.16. The molecule has 1 amide bonds. The maximum Gasteiger partial charge on any atom is 0.291 e. The SMILES string of the molecule is CC1CCN(Cc2ccc(NC(=O)c3cc(=O)c4ccccc4o3)cc2)CC1. The van der Waals surface area contributed by atoms with Crippen molar-refractivity contribution in [3.8, 4) is 0 Å². The quantitative estimate of drug-likeness (QED) is 0.738. The number of carbonyl (C=O) groups excluding carboxylic acids is 1. The van der Waals surface area contributed by atoms with Gasteiger partial charge in [-0.1, -0.05) is 31.2 Å². The molecule has 0 saturated carbocycles. The molecule has 5 nitrogen and oxygen atoms in total. The summed E-state index contributed by atoms with van der Waals surface area (Å²) in [5.74, 6) is 0.403. The Morgan fingerprint density at radius 1 is 1.11 bits per heavy atom. The van der Waals surface area contributed by atoms with Gasteiger partial charge in [-0.05, 0) is 61.7 Å². The van der Waals surface area contributed by atoms with Crippen molar-refractivity contribution in [2.45, 2.75) is 26.3 Å². The molecule has 0 atom stereocenters. The van der Waals surface area contributed by atoms with Gasteiger partial charge in [0.15, 0.2) is 11.2 Å². The van der Waals surface area contributed by atoms with Gasteiger partial charge < -0.3 is 9.73 Å². The minimum Gasteiger partial charge on any atom is -0.451 e. The van der Waals surface area contributed by atoms with E-state index in [1.807, 2.05) is 24.3 Å². The first-order chi connectivity index (χ1) is 13.6. The third-order valence-corrected chi connectivity index (χ3v) is 5.35. The monoisotopic (exact) mass is 376 g/mol.